The lowest BCUT2D eigenvalue weighted by Gasteiger charge is -1.95. The van der Waals surface area contributed by atoms with Gasteiger partial charge in [0.1, 0.15) is 5.56 Å². The second kappa shape index (κ2) is 5.74. The Morgan fingerprint density at radius 3 is 2.87 bits per heavy atom. The Balaban J connectivity index is 3.08. The number of rotatable bonds is 2. The number of hydrogen-bond donors (Lipinski definition) is 0. The lowest BCUT2D eigenvalue weighted by atomic mass is 10.2. The van der Waals surface area contributed by atoms with E-state index in [-0.39, 0.29) is 5.69 Å². The van der Waals surface area contributed by atoms with Gasteiger partial charge < -0.3 is 0 Å². The zero-order valence-corrected chi connectivity index (χ0v) is 10.0. The number of alkyl halides is 1. The number of halogens is 2. The first kappa shape index (κ1) is 12.0. The highest BCUT2D eigenvalue weighted by Crippen LogP contribution is 2.22. The van der Waals surface area contributed by atoms with Gasteiger partial charge in [0.25, 0.3) is 5.69 Å². The summed E-state index contributed by atoms with van der Waals surface area (Å²) in [5, 5.41) is 11.8. The molecule has 0 heterocycles. The van der Waals surface area contributed by atoms with Gasteiger partial charge >= 0.3 is 0 Å². The van der Waals surface area contributed by atoms with Gasteiger partial charge in [0.15, 0.2) is 0 Å². The van der Waals surface area contributed by atoms with Crippen LogP contribution in [0.5, 0.6) is 0 Å². The third-order valence-corrected chi connectivity index (χ3v) is 2.23. The van der Waals surface area contributed by atoms with Crippen LogP contribution in [0.25, 0.3) is 0 Å². The molecule has 0 bridgehead atoms. The third-order valence-electron chi connectivity index (χ3n) is 1.60. The summed E-state index contributed by atoms with van der Waals surface area (Å²) in [7, 11) is 0. The number of nitrogens with zero attached hydrogens (tertiary/aromatic N) is 1. The van der Waals surface area contributed by atoms with Crippen molar-refractivity contribution in [2.75, 3.05) is 5.33 Å². The lowest BCUT2D eigenvalue weighted by Crippen LogP contribution is -1.91. The highest BCUT2D eigenvalue weighted by atomic mass is 79.9. The van der Waals surface area contributed by atoms with Gasteiger partial charge in [-0.15, -0.1) is 0 Å². The van der Waals surface area contributed by atoms with Gasteiger partial charge in [-0.05, 0) is 12.1 Å². The monoisotopic (exact) mass is 287 g/mol. The van der Waals surface area contributed by atoms with Crippen LogP contribution in [0.3, 0.4) is 0 Å². The molecule has 0 atom stereocenters. The minimum atomic E-state index is -0.482. The Kier molecular flexibility index (Phi) is 4.60. The van der Waals surface area contributed by atoms with Gasteiger partial charge in [0, 0.05) is 22.8 Å². The van der Waals surface area contributed by atoms with Gasteiger partial charge in [0.2, 0.25) is 0 Å². The van der Waals surface area contributed by atoms with E-state index in [1.54, 1.807) is 12.1 Å². The highest BCUT2D eigenvalue weighted by Gasteiger charge is 2.11. The molecule has 0 unspecified atom stereocenters. The first-order valence-corrected chi connectivity index (χ1v) is 5.64. The molecule has 0 spiro atoms. The summed E-state index contributed by atoms with van der Waals surface area (Å²) in [5.74, 6) is 5.56. The fourth-order valence-electron chi connectivity index (χ4n) is 0.967. The maximum Gasteiger partial charge on any atom is 0.286 e. The normalized spacial score (nSPS) is 9.20. The molecule has 78 valence electrons. The Morgan fingerprint density at radius 2 is 2.27 bits per heavy atom. The summed E-state index contributed by atoms with van der Waals surface area (Å²) in [6.07, 6.45) is 0.653. The maximum absolute atomic E-state index is 10.7. The Morgan fingerprint density at radius 1 is 1.53 bits per heavy atom. The minimum Gasteiger partial charge on any atom is -0.258 e. The largest absolute Gasteiger partial charge is 0.286 e. The highest BCUT2D eigenvalue weighted by molar-refractivity contribution is 9.09. The maximum atomic E-state index is 10.7. The van der Waals surface area contributed by atoms with E-state index >= 15 is 0 Å². The van der Waals surface area contributed by atoms with Crippen molar-refractivity contribution < 1.29 is 4.92 Å². The van der Waals surface area contributed by atoms with Crippen molar-refractivity contribution in [3.8, 4) is 11.8 Å². The zero-order valence-electron chi connectivity index (χ0n) is 7.67. The number of nitro groups is 1. The van der Waals surface area contributed by atoms with Crippen molar-refractivity contribution in [2.24, 2.45) is 0 Å². The van der Waals surface area contributed by atoms with Crippen LogP contribution in [0, 0.1) is 22.0 Å². The van der Waals surface area contributed by atoms with E-state index in [4.69, 9.17) is 11.6 Å². The molecule has 15 heavy (non-hydrogen) atoms. The summed E-state index contributed by atoms with van der Waals surface area (Å²) < 4.78 is 0. The third kappa shape index (κ3) is 3.54. The summed E-state index contributed by atoms with van der Waals surface area (Å²) >= 11 is 8.89. The van der Waals surface area contributed by atoms with Crippen molar-refractivity contribution >= 4 is 33.2 Å². The Bertz CT molecular complexity index is 437. The topological polar surface area (TPSA) is 43.1 Å². The molecule has 5 heteroatoms. The summed E-state index contributed by atoms with van der Waals surface area (Å²) in [6.45, 7) is 0. The summed E-state index contributed by atoms with van der Waals surface area (Å²) in [5.41, 5.74) is 0.343. The van der Waals surface area contributed by atoms with Crippen molar-refractivity contribution in [2.45, 2.75) is 6.42 Å². The molecule has 0 fully saturated rings. The molecule has 3 nitrogen and oxygen atoms in total. The molecule has 0 radical (unpaired) electrons. The predicted molar refractivity (Wildman–Crippen MR) is 63.4 cm³/mol. The molecule has 0 aliphatic heterocycles. The smallest absolute Gasteiger partial charge is 0.258 e. The Hall–Kier alpha value is -1.05. The molecule has 0 saturated carbocycles. The van der Waals surface area contributed by atoms with Crippen LogP contribution in [-0.2, 0) is 0 Å². The average Bonchev–Trinajstić information content (AvgIpc) is 2.20. The van der Waals surface area contributed by atoms with E-state index in [2.05, 4.69) is 27.8 Å². The van der Waals surface area contributed by atoms with E-state index in [1.807, 2.05) is 0 Å². The molecule has 0 N–H and O–H groups in total. The van der Waals surface area contributed by atoms with Crippen molar-refractivity contribution in [3.05, 3.63) is 38.9 Å². The summed E-state index contributed by atoms with van der Waals surface area (Å²) in [4.78, 5) is 10.2. The molecule has 0 saturated heterocycles. The van der Waals surface area contributed by atoms with Gasteiger partial charge in [-0.25, -0.2) is 0 Å². The standard InChI is InChI=1S/C10H7BrClNO2/c11-6-2-1-3-8-4-5-9(12)7-10(8)13(14)15/h4-5,7H,2,6H2. The molecule has 0 aliphatic rings. The second-order valence-electron chi connectivity index (χ2n) is 2.66. The minimum absolute atomic E-state index is 0.0513. The zero-order chi connectivity index (χ0) is 11.3. The van der Waals surface area contributed by atoms with Crippen LogP contribution in [0.2, 0.25) is 5.02 Å². The molecule has 1 aromatic carbocycles. The van der Waals surface area contributed by atoms with Crippen LogP contribution in [0.4, 0.5) is 5.69 Å². The van der Waals surface area contributed by atoms with Crippen LogP contribution in [0.1, 0.15) is 12.0 Å². The van der Waals surface area contributed by atoms with E-state index in [9.17, 15) is 10.1 Å². The van der Waals surface area contributed by atoms with Crippen molar-refractivity contribution in [1.82, 2.24) is 0 Å². The first-order chi connectivity index (χ1) is 7.15. The SMILES string of the molecule is O=[N+]([O-])c1cc(Cl)ccc1C#CCCBr. The van der Waals surface area contributed by atoms with Crippen molar-refractivity contribution in [3.63, 3.8) is 0 Å². The van der Waals surface area contributed by atoms with Crippen LogP contribution in [-0.4, -0.2) is 10.3 Å². The lowest BCUT2D eigenvalue weighted by molar-refractivity contribution is -0.385. The molecular formula is C10H7BrClNO2. The molecule has 0 amide bonds. The molecular weight excluding hydrogens is 281 g/mol. The quantitative estimate of drug-likeness (QED) is 0.362. The van der Waals surface area contributed by atoms with Crippen molar-refractivity contribution in [1.29, 1.82) is 0 Å². The fourth-order valence-corrected chi connectivity index (χ4v) is 1.33. The second-order valence-corrected chi connectivity index (χ2v) is 3.89. The van der Waals surface area contributed by atoms with Crippen LogP contribution < -0.4 is 0 Å². The van der Waals surface area contributed by atoms with Gasteiger partial charge in [-0.2, -0.15) is 0 Å². The number of nitro benzene ring substituents is 1. The Labute approximate surface area is 101 Å². The predicted octanol–water partition coefficient (Wildman–Crippen LogP) is 3.38. The molecule has 1 rings (SSSR count). The molecule has 1 aromatic rings. The number of hydrogen-bond acceptors (Lipinski definition) is 2. The summed E-state index contributed by atoms with van der Waals surface area (Å²) in [6, 6.07) is 4.45. The van der Waals surface area contributed by atoms with Gasteiger partial charge in [-0.1, -0.05) is 39.4 Å². The van der Waals surface area contributed by atoms with E-state index in [1.165, 1.54) is 6.07 Å². The van der Waals surface area contributed by atoms with E-state index in [0.717, 1.165) is 5.33 Å². The first-order valence-electron chi connectivity index (χ1n) is 4.14. The van der Waals surface area contributed by atoms with Crippen LogP contribution >= 0.6 is 27.5 Å². The average molecular weight is 289 g/mol. The van der Waals surface area contributed by atoms with Gasteiger partial charge in [-0.3, -0.25) is 10.1 Å². The molecule has 0 aromatic heterocycles. The van der Waals surface area contributed by atoms with Gasteiger partial charge in [0.05, 0.1) is 4.92 Å². The fraction of sp³-hybridized carbons (Fsp3) is 0.200. The van der Waals surface area contributed by atoms with E-state index in [0.29, 0.717) is 17.0 Å². The van der Waals surface area contributed by atoms with Crippen LogP contribution in [0.15, 0.2) is 18.2 Å². The molecule has 0 aliphatic carbocycles. The van der Waals surface area contributed by atoms with E-state index < -0.39 is 4.92 Å². The number of benzene rings is 1.